The van der Waals surface area contributed by atoms with Crippen LogP contribution in [0.3, 0.4) is 0 Å². The third kappa shape index (κ3) is 6.18. The molecule has 2 atom stereocenters. The molecule has 0 aliphatic heterocycles. The van der Waals surface area contributed by atoms with Crippen LogP contribution in [-0.2, 0) is 11.3 Å². The third-order valence-electron chi connectivity index (χ3n) is 4.14. The number of aliphatic hydroxyl groups is 1. The van der Waals surface area contributed by atoms with Crippen LogP contribution in [0.4, 0.5) is 18.0 Å². The number of nitrogens with zero attached hydrogens (tertiary/aromatic N) is 1. The number of carbonyl (C=O) groups excluding carboxylic acids is 2. The van der Waals surface area contributed by atoms with Gasteiger partial charge in [-0.15, -0.1) is 0 Å². The van der Waals surface area contributed by atoms with Crippen LogP contribution in [0.15, 0.2) is 42.6 Å². The van der Waals surface area contributed by atoms with Gasteiger partial charge in [0, 0.05) is 18.8 Å². The van der Waals surface area contributed by atoms with Crippen molar-refractivity contribution in [3.8, 4) is 11.1 Å². The van der Waals surface area contributed by atoms with E-state index in [0.717, 1.165) is 11.1 Å². The van der Waals surface area contributed by atoms with Crippen LogP contribution in [-0.4, -0.2) is 48.2 Å². The average Bonchev–Trinajstić information content (AvgIpc) is 2.75. The van der Waals surface area contributed by atoms with E-state index in [0.29, 0.717) is 5.69 Å². The van der Waals surface area contributed by atoms with E-state index in [2.05, 4.69) is 15.6 Å². The number of carbonyl (C=O) groups is 2. The highest BCUT2D eigenvalue weighted by Gasteiger charge is 2.26. The van der Waals surface area contributed by atoms with Crippen molar-refractivity contribution >= 4 is 11.9 Å². The van der Waals surface area contributed by atoms with Gasteiger partial charge >= 0.3 is 12.5 Å². The Bertz CT molecular complexity index is 816. The minimum Gasteiger partial charge on any atom is -0.386 e. The molecule has 1 aromatic heterocycles. The molecule has 0 saturated carbocycles. The zero-order chi connectivity index (χ0) is 21.4. The van der Waals surface area contributed by atoms with Crippen molar-refractivity contribution in [3.05, 3.63) is 53.9 Å². The lowest BCUT2D eigenvalue weighted by Crippen LogP contribution is -2.43. The Balaban J connectivity index is 2.05. The van der Waals surface area contributed by atoms with Crippen LogP contribution in [0, 0.1) is 0 Å². The van der Waals surface area contributed by atoms with Crippen LogP contribution in [0.2, 0.25) is 0 Å². The van der Waals surface area contributed by atoms with E-state index in [1.54, 1.807) is 35.8 Å². The zero-order valence-electron chi connectivity index (χ0n) is 15.5. The van der Waals surface area contributed by atoms with Crippen LogP contribution < -0.4 is 16.0 Å². The number of rotatable bonds is 8. The van der Waals surface area contributed by atoms with Crippen molar-refractivity contribution in [2.75, 3.05) is 13.7 Å². The largest absolute Gasteiger partial charge is 0.386 e. The third-order valence-corrected chi connectivity index (χ3v) is 4.14. The lowest BCUT2D eigenvalue weighted by molar-refractivity contribution is -0.133. The first kappa shape index (κ1) is 22.2. The molecular formula is C19H21F3N4O3. The lowest BCUT2D eigenvalue weighted by atomic mass is 9.99. The summed E-state index contributed by atoms with van der Waals surface area (Å²) in [5.41, 5.74) is 2.45. The van der Waals surface area contributed by atoms with Gasteiger partial charge in [-0.2, -0.15) is 8.78 Å². The minimum atomic E-state index is -3.29. The highest BCUT2D eigenvalue weighted by molar-refractivity contribution is 5.79. The van der Waals surface area contributed by atoms with E-state index in [4.69, 9.17) is 0 Å². The summed E-state index contributed by atoms with van der Waals surface area (Å²) in [7, 11) is 1.51. The van der Waals surface area contributed by atoms with Gasteiger partial charge in [-0.05, 0) is 17.2 Å². The lowest BCUT2D eigenvalue weighted by Gasteiger charge is -2.22. The predicted octanol–water partition coefficient (Wildman–Crippen LogP) is 1.93. The summed E-state index contributed by atoms with van der Waals surface area (Å²) < 4.78 is 37.7. The first-order chi connectivity index (χ1) is 13.8. The summed E-state index contributed by atoms with van der Waals surface area (Å²) >= 11 is 0. The van der Waals surface area contributed by atoms with Gasteiger partial charge in [-0.1, -0.05) is 30.3 Å². The Morgan fingerprint density at radius 2 is 1.76 bits per heavy atom. The van der Waals surface area contributed by atoms with E-state index in [9.17, 15) is 27.9 Å². The number of aromatic nitrogens is 1. The van der Waals surface area contributed by atoms with E-state index < -0.39 is 31.2 Å². The van der Waals surface area contributed by atoms with Crippen molar-refractivity contribution in [3.63, 3.8) is 0 Å². The molecule has 2 aromatic rings. The SMILES string of the molecule is CNC(=O)NCc1ccc(-c2ccc([C@H](O)[C@@H](CF)NC(=O)C(F)F)cc2)cn1. The van der Waals surface area contributed by atoms with E-state index in [1.165, 1.54) is 19.2 Å². The molecule has 10 heteroatoms. The van der Waals surface area contributed by atoms with E-state index >= 15 is 0 Å². The summed E-state index contributed by atoms with van der Waals surface area (Å²) in [5.74, 6) is -1.64. The first-order valence-corrected chi connectivity index (χ1v) is 8.69. The fraction of sp³-hybridized carbons (Fsp3) is 0.316. The summed E-state index contributed by atoms with van der Waals surface area (Å²) in [6.07, 6.45) is -3.16. The Labute approximate surface area is 165 Å². The molecule has 1 heterocycles. The summed E-state index contributed by atoms with van der Waals surface area (Å²) in [4.78, 5) is 26.5. The van der Waals surface area contributed by atoms with Crippen molar-refractivity contribution in [2.45, 2.75) is 25.1 Å². The highest BCUT2D eigenvalue weighted by atomic mass is 19.3. The van der Waals surface area contributed by atoms with E-state index in [1.807, 2.05) is 0 Å². The number of nitrogens with one attached hydrogen (secondary N) is 3. The second-order valence-corrected chi connectivity index (χ2v) is 6.11. The highest BCUT2D eigenvalue weighted by Crippen LogP contribution is 2.23. The van der Waals surface area contributed by atoms with Crippen molar-refractivity contribution in [1.29, 1.82) is 0 Å². The second-order valence-electron chi connectivity index (χ2n) is 6.11. The molecular weight excluding hydrogens is 389 g/mol. The number of aliphatic hydroxyl groups excluding tert-OH is 1. The topological polar surface area (TPSA) is 103 Å². The Kier molecular flexibility index (Phi) is 7.96. The standard InChI is InChI=1S/C19H21F3N4O3/c1-23-19(29)25-10-14-7-6-13(9-24-14)11-2-4-12(5-3-11)16(27)15(8-20)26-18(28)17(21)22/h2-7,9,15-17,27H,8,10H2,1H3,(H,26,28)(H2,23,25,29)/t15-,16+/m1/s1. The molecule has 29 heavy (non-hydrogen) atoms. The molecule has 156 valence electrons. The number of benzene rings is 1. The smallest absolute Gasteiger partial charge is 0.315 e. The van der Waals surface area contributed by atoms with Gasteiger partial charge in [-0.3, -0.25) is 9.78 Å². The summed E-state index contributed by atoms with van der Waals surface area (Å²) in [6.45, 7) is -0.934. The number of alkyl halides is 3. The molecule has 7 nitrogen and oxygen atoms in total. The van der Waals surface area contributed by atoms with Gasteiger partial charge in [0.25, 0.3) is 5.91 Å². The van der Waals surface area contributed by atoms with Gasteiger partial charge in [-0.25, -0.2) is 9.18 Å². The molecule has 0 fully saturated rings. The van der Waals surface area contributed by atoms with Gasteiger partial charge in [0.05, 0.1) is 18.3 Å². The molecule has 1 aromatic carbocycles. The molecule has 0 spiro atoms. The molecule has 0 aliphatic rings. The van der Waals surface area contributed by atoms with Gasteiger partial charge in [0.2, 0.25) is 0 Å². The molecule has 0 aliphatic carbocycles. The fourth-order valence-electron chi connectivity index (χ4n) is 2.51. The zero-order valence-corrected chi connectivity index (χ0v) is 15.5. The Morgan fingerprint density at radius 1 is 1.10 bits per heavy atom. The van der Waals surface area contributed by atoms with Crippen molar-refractivity contribution in [1.82, 2.24) is 20.9 Å². The maximum Gasteiger partial charge on any atom is 0.315 e. The van der Waals surface area contributed by atoms with Gasteiger partial charge in [0.1, 0.15) is 12.8 Å². The number of amides is 3. The molecule has 0 saturated heterocycles. The van der Waals surface area contributed by atoms with Crippen LogP contribution >= 0.6 is 0 Å². The van der Waals surface area contributed by atoms with Crippen LogP contribution in [0.5, 0.6) is 0 Å². The molecule has 2 rings (SSSR count). The predicted molar refractivity (Wildman–Crippen MR) is 99.8 cm³/mol. The van der Waals surface area contributed by atoms with E-state index in [-0.39, 0.29) is 18.1 Å². The number of hydrogen-bond acceptors (Lipinski definition) is 4. The number of halogens is 3. The number of urea groups is 1. The van der Waals surface area contributed by atoms with Crippen LogP contribution in [0.25, 0.3) is 11.1 Å². The number of pyridine rings is 1. The van der Waals surface area contributed by atoms with Crippen molar-refractivity contribution in [2.24, 2.45) is 0 Å². The maximum atomic E-state index is 13.1. The molecule has 0 bridgehead atoms. The molecule has 0 unspecified atom stereocenters. The molecule has 0 radical (unpaired) electrons. The average molecular weight is 410 g/mol. The molecule has 4 N–H and O–H groups in total. The summed E-state index contributed by atoms with van der Waals surface area (Å²) in [6, 6.07) is 8.08. The first-order valence-electron chi connectivity index (χ1n) is 8.69. The Hall–Kier alpha value is -3.14. The molecule has 3 amide bonds. The number of hydrogen-bond donors (Lipinski definition) is 4. The van der Waals surface area contributed by atoms with Crippen LogP contribution in [0.1, 0.15) is 17.4 Å². The second kappa shape index (κ2) is 10.4. The Morgan fingerprint density at radius 3 is 2.28 bits per heavy atom. The van der Waals surface area contributed by atoms with Gasteiger partial charge in [0.15, 0.2) is 0 Å². The monoisotopic (exact) mass is 410 g/mol. The normalized spacial score (nSPS) is 12.9. The minimum absolute atomic E-state index is 0.264. The van der Waals surface area contributed by atoms with Gasteiger partial charge < -0.3 is 21.1 Å². The quantitative estimate of drug-likeness (QED) is 0.534. The summed E-state index contributed by atoms with van der Waals surface area (Å²) in [5, 5.41) is 17.0. The maximum absolute atomic E-state index is 13.1. The fourth-order valence-corrected chi connectivity index (χ4v) is 2.51. The van der Waals surface area contributed by atoms with Crippen molar-refractivity contribution < 1.29 is 27.9 Å².